The van der Waals surface area contributed by atoms with Crippen LogP contribution >= 0.6 is 11.3 Å². The molecule has 35 heavy (non-hydrogen) atoms. The third kappa shape index (κ3) is 3.93. The van der Waals surface area contributed by atoms with Gasteiger partial charge in [-0.15, -0.1) is 10.2 Å². The van der Waals surface area contributed by atoms with Crippen LogP contribution in [-0.2, 0) is 6.42 Å². The summed E-state index contributed by atoms with van der Waals surface area (Å²) in [6.45, 7) is 6.20. The Morgan fingerprint density at radius 2 is 2.00 bits per heavy atom. The molecule has 2 aromatic carbocycles. The lowest BCUT2D eigenvalue weighted by atomic mass is 9.98. The molecule has 180 valence electrons. The first kappa shape index (κ1) is 23.0. The smallest absolute Gasteiger partial charge is 0.297 e. The van der Waals surface area contributed by atoms with Crippen LogP contribution in [0, 0.1) is 11.7 Å². The van der Waals surface area contributed by atoms with E-state index < -0.39 is 23.2 Å². The molecule has 2 aromatic heterocycles. The number of phenols is 1. The fraction of sp³-hybridized carbons (Fsp3) is 0.280. The Morgan fingerprint density at radius 3 is 2.74 bits per heavy atom. The molecule has 3 heterocycles. The van der Waals surface area contributed by atoms with E-state index in [1.807, 2.05) is 0 Å². The number of aromatic nitrogens is 2. The van der Waals surface area contributed by atoms with E-state index in [4.69, 9.17) is 9.15 Å². The Balaban J connectivity index is 1.75. The molecule has 1 aliphatic heterocycles. The second kappa shape index (κ2) is 8.77. The van der Waals surface area contributed by atoms with Gasteiger partial charge in [-0.25, -0.2) is 4.39 Å². The van der Waals surface area contributed by atoms with Gasteiger partial charge in [0.15, 0.2) is 16.9 Å². The van der Waals surface area contributed by atoms with E-state index in [2.05, 4.69) is 24.0 Å². The first-order valence-corrected chi connectivity index (χ1v) is 12.0. The van der Waals surface area contributed by atoms with Crippen molar-refractivity contribution >= 4 is 33.3 Å². The number of anilines is 1. The van der Waals surface area contributed by atoms with Crippen molar-refractivity contribution in [2.45, 2.75) is 33.2 Å². The average molecular weight is 496 g/mol. The molecule has 0 radical (unpaired) electrons. The zero-order valence-electron chi connectivity index (χ0n) is 19.2. The van der Waals surface area contributed by atoms with Crippen LogP contribution in [0.4, 0.5) is 9.52 Å². The van der Waals surface area contributed by atoms with Crippen molar-refractivity contribution < 1.29 is 23.4 Å². The van der Waals surface area contributed by atoms with Crippen molar-refractivity contribution in [3.63, 3.8) is 0 Å². The molecule has 10 heteroatoms. The summed E-state index contributed by atoms with van der Waals surface area (Å²) >= 11 is 1.26. The minimum absolute atomic E-state index is 0.0324. The summed E-state index contributed by atoms with van der Waals surface area (Å²) in [5.74, 6) is -0.799. The Bertz CT molecular complexity index is 1510. The largest absolute Gasteiger partial charge is 0.504 e. The number of fused-ring (bicyclic) bond motifs is 2. The Hall–Kier alpha value is -3.79. The highest BCUT2D eigenvalue weighted by molar-refractivity contribution is 7.15. The van der Waals surface area contributed by atoms with Gasteiger partial charge in [0.25, 0.3) is 5.91 Å². The number of hydrogen-bond donors (Lipinski definition) is 1. The van der Waals surface area contributed by atoms with E-state index in [-0.39, 0.29) is 33.8 Å². The first-order valence-electron chi connectivity index (χ1n) is 11.2. The standard InChI is InChI=1S/C25H22FN3O5S/c1-4-33-18-10-13(5-7-16(18)30)21-20-22(31)15-11-14(26)6-8-17(15)34-23(20)24(32)29(21)25-28-27-19(35-25)9-12(2)3/h5-8,10-12,21,30H,4,9H2,1-3H3/t21-/m0/s1. The Labute approximate surface area is 203 Å². The van der Waals surface area contributed by atoms with Crippen molar-refractivity contribution in [2.24, 2.45) is 5.92 Å². The molecular weight excluding hydrogens is 473 g/mol. The van der Waals surface area contributed by atoms with E-state index in [0.29, 0.717) is 29.6 Å². The van der Waals surface area contributed by atoms with Crippen LogP contribution in [0.5, 0.6) is 11.5 Å². The molecule has 4 aromatic rings. The van der Waals surface area contributed by atoms with Gasteiger partial charge < -0.3 is 14.3 Å². The summed E-state index contributed by atoms with van der Waals surface area (Å²) in [4.78, 5) is 28.6. The molecule has 0 saturated carbocycles. The number of carbonyl (C=O) groups is 1. The molecule has 0 unspecified atom stereocenters. The second-order valence-electron chi connectivity index (χ2n) is 8.63. The molecular formula is C25H22FN3O5S. The predicted octanol–water partition coefficient (Wildman–Crippen LogP) is 4.84. The molecule has 0 bridgehead atoms. The molecule has 8 nitrogen and oxygen atoms in total. The van der Waals surface area contributed by atoms with Gasteiger partial charge in [0, 0.05) is 6.42 Å². The third-order valence-electron chi connectivity index (χ3n) is 5.68. The van der Waals surface area contributed by atoms with E-state index in [1.54, 1.807) is 19.1 Å². The van der Waals surface area contributed by atoms with Gasteiger partial charge in [0.2, 0.25) is 10.9 Å². The third-order valence-corrected chi connectivity index (χ3v) is 6.62. The van der Waals surface area contributed by atoms with Gasteiger partial charge in [0.05, 0.1) is 23.6 Å². The van der Waals surface area contributed by atoms with Crippen LogP contribution in [0.25, 0.3) is 11.0 Å². The molecule has 1 amide bonds. The van der Waals surface area contributed by atoms with Crippen molar-refractivity contribution in [1.29, 1.82) is 0 Å². The number of phenolic OH excluding ortho intramolecular Hbond substituents is 1. The molecule has 1 aliphatic rings. The monoisotopic (exact) mass is 495 g/mol. The van der Waals surface area contributed by atoms with Crippen molar-refractivity contribution in [1.82, 2.24) is 10.2 Å². The lowest BCUT2D eigenvalue weighted by Gasteiger charge is -2.22. The molecule has 0 spiro atoms. The quantitative estimate of drug-likeness (QED) is 0.408. The van der Waals surface area contributed by atoms with Gasteiger partial charge >= 0.3 is 0 Å². The fourth-order valence-corrected chi connectivity index (χ4v) is 5.28. The van der Waals surface area contributed by atoms with Crippen LogP contribution in [0.2, 0.25) is 0 Å². The lowest BCUT2D eigenvalue weighted by Crippen LogP contribution is -2.29. The maximum atomic E-state index is 14.0. The van der Waals surface area contributed by atoms with Crippen molar-refractivity contribution in [3.05, 3.63) is 74.3 Å². The first-order chi connectivity index (χ1) is 16.8. The number of halogens is 1. The lowest BCUT2D eigenvalue weighted by molar-refractivity contribution is 0.0970. The zero-order chi connectivity index (χ0) is 24.9. The topological polar surface area (TPSA) is 106 Å². The highest BCUT2D eigenvalue weighted by Gasteiger charge is 2.45. The number of benzene rings is 2. The normalized spacial score (nSPS) is 15.3. The minimum atomic E-state index is -0.930. The Kier molecular flexibility index (Phi) is 5.76. The van der Waals surface area contributed by atoms with E-state index >= 15 is 0 Å². The van der Waals surface area contributed by atoms with Gasteiger partial charge in [0.1, 0.15) is 16.4 Å². The SMILES string of the molecule is CCOc1cc([C@H]2c3c(oc4ccc(F)cc4c3=O)C(=O)N2c2nnc(CC(C)C)s2)ccc1O. The number of nitrogens with zero attached hydrogens (tertiary/aromatic N) is 3. The predicted molar refractivity (Wildman–Crippen MR) is 129 cm³/mol. The van der Waals surface area contributed by atoms with E-state index in [9.17, 15) is 19.1 Å². The van der Waals surface area contributed by atoms with Crippen LogP contribution in [0.15, 0.2) is 45.6 Å². The minimum Gasteiger partial charge on any atom is -0.504 e. The average Bonchev–Trinajstić information content (AvgIpc) is 3.38. The van der Waals surface area contributed by atoms with Crippen molar-refractivity contribution in [2.75, 3.05) is 11.5 Å². The molecule has 0 fully saturated rings. The number of ether oxygens (including phenoxy) is 1. The highest BCUT2D eigenvalue weighted by Crippen LogP contribution is 2.44. The maximum absolute atomic E-state index is 14.0. The zero-order valence-corrected chi connectivity index (χ0v) is 20.1. The summed E-state index contributed by atoms with van der Waals surface area (Å²) in [6.07, 6.45) is 0.686. The number of rotatable bonds is 6. The molecule has 1 atom stereocenters. The van der Waals surface area contributed by atoms with Gasteiger partial charge in [-0.3, -0.25) is 14.5 Å². The van der Waals surface area contributed by atoms with Crippen LogP contribution in [-0.4, -0.2) is 27.8 Å². The van der Waals surface area contributed by atoms with Crippen LogP contribution in [0.1, 0.15) is 53.5 Å². The molecule has 5 rings (SSSR count). The Morgan fingerprint density at radius 1 is 1.20 bits per heavy atom. The number of aromatic hydroxyl groups is 1. The van der Waals surface area contributed by atoms with E-state index in [1.165, 1.54) is 34.4 Å². The summed E-state index contributed by atoms with van der Waals surface area (Å²) in [5, 5.41) is 19.8. The highest BCUT2D eigenvalue weighted by atomic mass is 32.1. The number of carbonyl (C=O) groups excluding carboxylic acids is 1. The fourth-order valence-electron chi connectivity index (χ4n) is 4.20. The maximum Gasteiger partial charge on any atom is 0.297 e. The molecule has 1 N–H and O–H groups in total. The van der Waals surface area contributed by atoms with Crippen LogP contribution in [0.3, 0.4) is 0 Å². The number of hydrogen-bond acceptors (Lipinski definition) is 8. The summed E-state index contributed by atoms with van der Waals surface area (Å²) in [5.41, 5.74) is 0.172. The molecule has 0 saturated heterocycles. The summed E-state index contributed by atoms with van der Waals surface area (Å²) in [6, 6.07) is 7.28. The summed E-state index contributed by atoms with van der Waals surface area (Å²) < 4.78 is 25.4. The van der Waals surface area contributed by atoms with Gasteiger partial charge in [-0.05, 0) is 48.7 Å². The summed E-state index contributed by atoms with van der Waals surface area (Å²) in [7, 11) is 0. The second-order valence-corrected chi connectivity index (χ2v) is 9.67. The molecule has 0 aliphatic carbocycles. The van der Waals surface area contributed by atoms with Gasteiger partial charge in [-0.2, -0.15) is 0 Å². The number of amides is 1. The van der Waals surface area contributed by atoms with Crippen molar-refractivity contribution in [3.8, 4) is 11.5 Å². The van der Waals surface area contributed by atoms with E-state index in [0.717, 1.165) is 11.1 Å². The van der Waals surface area contributed by atoms with Crippen LogP contribution < -0.4 is 15.1 Å². The van der Waals surface area contributed by atoms with Gasteiger partial charge in [-0.1, -0.05) is 31.3 Å².